The Bertz CT molecular complexity index is 1930. The Kier molecular flexibility index (Phi) is 7.04. The van der Waals surface area contributed by atoms with E-state index >= 15 is 0 Å². The van der Waals surface area contributed by atoms with Crippen LogP contribution in [0.2, 0.25) is 0 Å². The van der Waals surface area contributed by atoms with Crippen molar-refractivity contribution in [2.75, 3.05) is 0 Å². The van der Waals surface area contributed by atoms with E-state index in [9.17, 15) is 0 Å². The third-order valence-corrected chi connectivity index (χ3v) is 7.32. The Morgan fingerprint density at radius 3 is 1.23 bits per heavy atom. The zero-order valence-corrected chi connectivity index (χ0v) is 23.6. The fraction of sp³-hybridized carbons (Fsp3) is 0.0263. The minimum Gasteiger partial charge on any atom is -0.237 e. The van der Waals surface area contributed by atoms with Crippen LogP contribution in [0.5, 0.6) is 0 Å². The van der Waals surface area contributed by atoms with Gasteiger partial charge in [-0.05, 0) is 53.4 Å². The molecule has 5 aromatic carbocycles. The van der Waals surface area contributed by atoms with Gasteiger partial charge in [0.15, 0.2) is 23.3 Å². The highest BCUT2D eigenvalue weighted by Crippen LogP contribution is 2.34. The first-order chi connectivity index (χ1) is 21.2. The van der Waals surface area contributed by atoms with Gasteiger partial charge in [0.2, 0.25) is 0 Å². The lowest BCUT2D eigenvalue weighted by Crippen LogP contribution is -2.00. The fourth-order valence-electron chi connectivity index (χ4n) is 5.03. The molecule has 0 aliphatic heterocycles. The first-order valence-corrected chi connectivity index (χ1v) is 14.2. The van der Waals surface area contributed by atoms with Crippen LogP contribution in [-0.4, -0.2) is 24.9 Å². The Hall–Kier alpha value is -5.81. The second-order valence-corrected chi connectivity index (χ2v) is 10.4. The second kappa shape index (κ2) is 11.6. The summed E-state index contributed by atoms with van der Waals surface area (Å²) in [5.74, 6) is 2.60. The molecule has 0 radical (unpaired) electrons. The molecule has 0 atom stereocenters. The number of aryl methyl sites for hydroxylation is 1. The Morgan fingerprint density at radius 1 is 0.326 bits per heavy atom. The molecule has 0 unspecified atom stereocenters. The van der Waals surface area contributed by atoms with Crippen LogP contribution in [0.4, 0.5) is 0 Å². The summed E-state index contributed by atoms with van der Waals surface area (Å²) in [6.45, 7) is 2.10. The molecule has 5 heteroatoms. The standard InChI is InChI=1S/C38H27N5/c1-26-13-15-27(16-14-26)32-23-33(28-17-19-31(20-18-28)35-39-21-8-22-40-35)25-34(24-32)38-42-36(29-9-4-2-5-10-29)41-37(43-38)30-11-6-3-7-12-30/h2-25H,1H3. The molecule has 0 amide bonds. The molecule has 0 aliphatic rings. The van der Waals surface area contributed by atoms with Gasteiger partial charge in [-0.15, -0.1) is 0 Å². The van der Waals surface area contributed by atoms with Gasteiger partial charge in [0, 0.05) is 34.6 Å². The molecular formula is C38H27N5. The van der Waals surface area contributed by atoms with Gasteiger partial charge < -0.3 is 0 Å². The van der Waals surface area contributed by atoms with Crippen LogP contribution in [0.25, 0.3) is 67.8 Å². The van der Waals surface area contributed by atoms with Crippen LogP contribution in [-0.2, 0) is 0 Å². The van der Waals surface area contributed by atoms with Gasteiger partial charge in [0.1, 0.15) is 0 Å². The topological polar surface area (TPSA) is 64.5 Å². The predicted octanol–water partition coefficient (Wildman–Crippen LogP) is 8.97. The number of hydrogen-bond donors (Lipinski definition) is 0. The van der Waals surface area contributed by atoms with Gasteiger partial charge in [-0.3, -0.25) is 0 Å². The maximum absolute atomic E-state index is 5.00. The van der Waals surface area contributed by atoms with Gasteiger partial charge >= 0.3 is 0 Å². The lowest BCUT2D eigenvalue weighted by molar-refractivity contribution is 1.07. The van der Waals surface area contributed by atoms with Crippen molar-refractivity contribution in [1.29, 1.82) is 0 Å². The minimum atomic E-state index is 0.622. The van der Waals surface area contributed by atoms with Crippen molar-refractivity contribution in [3.8, 4) is 67.8 Å². The normalized spacial score (nSPS) is 10.9. The SMILES string of the molecule is Cc1ccc(-c2cc(-c3ccc(-c4ncccn4)cc3)cc(-c3nc(-c4ccccc4)nc(-c4ccccc4)n3)c2)cc1. The number of nitrogens with zero attached hydrogens (tertiary/aromatic N) is 5. The van der Waals surface area contributed by atoms with Crippen LogP contribution < -0.4 is 0 Å². The zero-order chi connectivity index (χ0) is 29.0. The van der Waals surface area contributed by atoms with Crippen molar-refractivity contribution < 1.29 is 0 Å². The van der Waals surface area contributed by atoms with E-state index in [4.69, 9.17) is 15.0 Å². The third-order valence-electron chi connectivity index (χ3n) is 7.32. The van der Waals surface area contributed by atoms with Crippen LogP contribution >= 0.6 is 0 Å². The first kappa shape index (κ1) is 26.1. The third kappa shape index (κ3) is 5.69. The molecule has 0 saturated heterocycles. The quantitative estimate of drug-likeness (QED) is 0.206. The maximum Gasteiger partial charge on any atom is 0.164 e. The highest BCUT2D eigenvalue weighted by molar-refractivity contribution is 5.81. The predicted molar refractivity (Wildman–Crippen MR) is 173 cm³/mol. The van der Waals surface area contributed by atoms with Crippen molar-refractivity contribution >= 4 is 0 Å². The highest BCUT2D eigenvalue weighted by atomic mass is 15.0. The van der Waals surface area contributed by atoms with E-state index in [1.807, 2.05) is 66.7 Å². The van der Waals surface area contributed by atoms with E-state index in [1.54, 1.807) is 12.4 Å². The largest absolute Gasteiger partial charge is 0.237 e. The molecule has 5 nitrogen and oxygen atoms in total. The van der Waals surface area contributed by atoms with E-state index in [0.717, 1.165) is 44.5 Å². The summed E-state index contributed by atoms with van der Waals surface area (Å²) in [6.07, 6.45) is 3.52. The molecule has 0 bridgehead atoms. The molecule has 0 spiro atoms. The van der Waals surface area contributed by atoms with Crippen molar-refractivity contribution in [1.82, 2.24) is 24.9 Å². The van der Waals surface area contributed by atoms with Gasteiger partial charge in [0.05, 0.1) is 0 Å². The molecule has 43 heavy (non-hydrogen) atoms. The minimum absolute atomic E-state index is 0.622. The lowest BCUT2D eigenvalue weighted by Gasteiger charge is -2.13. The smallest absolute Gasteiger partial charge is 0.164 e. The van der Waals surface area contributed by atoms with Crippen LogP contribution in [0.1, 0.15) is 5.56 Å². The van der Waals surface area contributed by atoms with E-state index in [0.29, 0.717) is 23.3 Å². The van der Waals surface area contributed by atoms with Crippen molar-refractivity contribution in [3.63, 3.8) is 0 Å². The molecule has 7 rings (SSSR count). The van der Waals surface area contributed by atoms with E-state index in [1.165, 1.54) is 5.56 Å². The van der Waals surface area contributed by atoms with E-state index in [-0.39, 0.29) is 0 Å². The Balaban J connectivity index is 1.40. The molecule has 2 heterocycles. The lowest BCUT2D eigenvalue weighted by atomic mass is 9.95. The van der Waals surface area contributed by atoms with Crippen molar-refractivity contribution in [2.24, 2.45) is 0 Å². The Morgan fingerprint density at radius 2 is 0.721 bits per heavy atom. The van der Waals surface area contributed by atoms with Gasteiger partial charge in [-0.25, -0.2) is 24.9 Å². The molecule has 0 aliphatic carbocycles. The fourth-order valence-corrected chi connectivity index (χ4v) is 5.03. The van der Waals surface area contributed by atoms with E-state index < -0.39 is 0 Å². The highest BCUT2D eigenvalue weighted by Gasteiger charge is 2.15. The average Bonchev–Trinajstić information content (AvgIpc) is 3.09. The molecule has 0 saturated carbocycles. The molecule has 7 aromatic rings. The summed E-state index contributed by atoms with van der Waals surface area (Å²) in [5, 5.41) is 0. The molecule has 0 fully saturated rings. The summed E-state index contributed by atoms with van der Waals surface area (Å²) >= 11 is 0. The molecule has 0 N–H and O–H groups in total. The van der Waals surface area contributed by atoms with E-state index in [2.05, 4.69) is 83.6 Å². The summed E-state index contributed by atoms with van der Waals surface area (Å²) in [5.41, 5.74) is 9.35. The average molecular weight is 554 g/mol. The molecule has 2 aromatic heterocycles. The van der Waals surface area contributed by atoms with Crippen LogP contribution in [0.15, 0.2) is 146 Å². The van der Waals surface area contributed by atoms with Gasteiger partial charge in [-0.1, -0.05) is 115 Å². The first-order valence-electron chi connectivity index (χ1n) is 14.2. The molecule has 204 valence electrons. The summed E-state index contributed by atoms with van der Waals surface area (Å²) < 4.78 is 0. The monoisotopic (exact) mass is 553 g/mol. The summed E-state index contributed by atoms with van der Waals surface area (Å²) in [7, 11) is 0. The zero-order valence-electron chi connectivity index (χ0n) is 23.6. The maximum atomic E-state index is 5.00. The summed E-state index contributed by atoms with van der Waals surface area (Å²) in [6, 6.07) is 45.4. The van der Waals surface area contributed by atoms with Crippen molar-refractivity contribution in [2.45, 2.75) is 6.92 Å². The number of hydrogen-bond acceptors (Lipinski definition) is 5. The second-order valence-electron chi connectivity index (χ2n) is 10.4. The Labute approximate surface area is 250 Å². The number of benzene rings is 5. The van der Waals surface area contributed by atoms with Gasteiger partial charge in [0.25, 0.3) is 0 Å². The van der Waals surface area contributed by atoms with Crippen LogP contribution in [0.3, 0.4) is 0 Å². The molecular weight excluding hydrogens is 526 g/mol. The van der Waals surface area contributed by atoms with Crippen LogP contribution in [0, 0.1) is 6.92 Å². The summed E-state index contributed by atoms with van der Waals surface area (Å²) in [4.78, 5) is 23.7. The number of rotatable bonds is 6. The van der Waals surface area contributed by atoms with Crippen molar-refractivity contribution in [3.05, 3.63) is 151 Å². The van der Waals surface area contributed by atoms with Gasteiger partial charge in [-0.2, -0.15) is 0 Å². The number of aromatic nitrogens is 5.